The van der Waals surface area contributed by atoms with Gasteiger partial charge in [-0.3, -0.25) is 4.79 Å². The van der Waals surface area contributed by atoms with Crippen LogP contribution in [0.2, 0.25) is 0 Å². The van der Waals surface area contributed by atoms with E-state index in [9.17, 15) is 4.79 Å². The maximum absolute atomic E-state index is 12.8. The van der Waals surface area contributed by atoms with Gasteiger partial charge in [-0.25, -0.2) is 0 Å². The van der Waals surface area contributed by atoms with Crippen LogP contribution in [0.5, 0.6) is 0 Å². The molecule has 0 radical (unpaired) electrons. The lowest BCUT2D eigenvalue weighted by Crippen LogP contribution is -2.03. The molecule has 0 bridgehead atoms. The number of Topliss-reactive ketones (excluding diaryl/α,β-unsaturated/α-hetero) is 1. The van der Waals surface area contributed by atoms with Crippen LogP contribution < -0.4 is 5.73 Å². The third-order valence-corrected chi connectivity index (χ3v) is 4.30. The summed E-state index contributed by atoms with van der Waals surface area (Å²) in [6, 6.07) is 13.7. The number of anilines is 1. The number of carbonyl (C=O) groups excluding carboxylic acids is 1. The van der Waals surface area contributed by atoms with Gasteiger partial charge in [0.25, 0.3) is 0 Å². The fraction of sp³-hybridized carbons (Fsp3) is 0.105. The van der Waals surface area contributed by atoms with Crippen molar-refractivity contribution in [2.75, 3.05) is 5.73 Å². The van der Waals surface area contributed by atoms with E-state index in [0.717, 1.165) is 16.5 Å². The number of aromatic amines is 1. The lowest BCUT2D eigenvalue weighted by Gasteiger charge is -2.00. The van der Waals surface area contributed by atoms with Crippen molar-refractivity contribution in [1.29, 1.82) is 0 Å². The third-order valence-electron chi connectivity index (χ3n) is 4.30. The van der Waals surface area contributed by atoms with Gasteiger partial charge in [0, 0.05) is 28.6 Å². The number of H-pyrrole nitrogens is 1. The Hall–Kier alpha value is -2.81. The molecule has 0 fully saturated rings. The quantitative estimate of drug-likeness (QED) is 0.555. The molecule has 0 aliphatic heterocycles. The van der Waals surface area contributed by atoms with E-state index in [1.807, 2.05) is 36.4 Å². The molecule has 1 heterocycles. The normalized spacial score (nSPS) is 13.2. The Balaban J connectivity index is 1.73. The summed E-state index contributed by atoms with van der Waals surface area (Å²) >= 11 is 0. The predicted octanol–water partition coefficient (Wildman–Crippen LogP) is 3.88. The van der Waals surface area contributed by atoms with Crippen LogP contribution in [0.1, 0.15) is 27.2 Å². The van der Waals surface area contributed by atoms with E-state index in [0.29, 0.717) is 17.8 Å². The summed E-state index contributed by atoms with van der Waals surface area (Å²) < 4.78 is 0. The lowest BCUT2D eigenvalue weighted by atomic mass is 10.0. The summed E-state index contributed by atoms with van der Waals surface area (Å²) in [5.41, 5.74) is 12.5. The predicted molar refractivity (Wildman–Crippen MR) is 89.9 cm³/mol. The molecule has 0 amide bonds. The second-order valence-electron chi connectivity index (χ2n) is 5.85. The summed E-state index contributed by atoms with van der Waals surface area (Å²) in [4.78, 5) is 15.9. The Morgan fingerprint density at radius 2 is 2.05 bits per heavy atom. The zero-order valence-corrected chi connectivity index (χ0v) is 12.3. The first-order valence-corrected chi connectivity index (χ1v) is 7.34. The van der Waals surface area contributed by atoms with Crippen LogP contribution in [0.4, 0.5) is 5.69 Å². The second kappa shape index (κ2) is 4.60. The Labute approximate surface area is 128 Å². The van der Waals surface area contributed by atoms with Crippen LogP contribution in [0.25, 0.3) is 17.0 Å². The average molecular weight is 288 g/mol. The highest BCUT2D eigenvalue weighted by atomic mass is 16.1. The minimum Gasteiger partial charge on any atom is -0.399 e. The highest BCUT2D eigenvalue weighted by molar-refractivity contribution is 6.13. The highest BCUT2D eigenvalue weighted by Gasteiger charge is 2.21. The number of hydrogen-bond donors (Lipinski definition) is 2. The molecular weight excluding hydrogens is 272 g/mol. The van der Waals surface area contributed by atoms with E-state index >= 15 is 0 Å². The van der Waals surface area contributed by atoms with Gasteiger partial charge in [0.2, 0.25) is 5.78 Å². The van der Waals surface area contributed by atoms with Crippen molar-refractivity contribution in [3.05, 3.63) is 70.4 Å². The largest absolute Gasteiger partial charge is 0.399 e. The van der Waals surface area contributed by atoms with Gasteiger partial charge in [0.1, 0.15) is 0 Å². The first-order chi connectivity index (χ1) is 10.6. The minimum absolute atomic E-state index is 0.0605. The fourth-order valence-corrected chi connectivity index (χ4v) is 3.12. The molecule has 3 nitrogen and oxygen atoms in total. The van der Waals surface area contributed by atoms with Gasteiger partial charge in [-0.1, -0.05) is 24.3 Å². The number of ketones is 1. The molecule has 1 aromatic heterocycles. The Morgan fingerprint density at radius 3 is 2.86 bits per heavy atom. The lowest BCUT2D eigenvalue weighted by molar-refractivity contribution is 0.103. The van der Waals surface area contributed by atoms with Gasteiger partial charge in [0.05, 0.1) is 5.69 Å². The van der Waals surface area contributed by atoms with Crippen molar-refractivity contribution in [1.82, 2.24) is 4.98 Å². The van der Waals surface area contributed by atoms with Crippen molar-refractivity contribution in [3.8, 4) is 0 Å². The van der Waals surface area contributed by atoms with Crippen molar-refractivity contribution in [2.45, 2.75) is 13.3 Å². The molecule has 1 aliphatic carbocycles. The third kappa shape index (κ3) is 1.94. The van der Waals surface area contributed by atoms with Gasteiger partial charge in [-0.15, -0.1) is 0 Å². The van der Waals surface area contributed by atoms with E-state index in [1.54, 1.807) is 0 Å². The number of nitrogens with two attached hydrogens (primary N) is 1. The number of aryl methyl sites for hydroxylation is 1. The Morgan fingerprint density at radius 1 is 1.18 bits per heavy atom. The molecule has 22 heavy (non-hydrogen) atoms. The second-order valence-corrected chi connectivity index (χ2v) is 5.85. The monoisotopic (exact) mass is 288 g/mol. The Bertz CT molecular complexity index is 947. The van der Waals surface area contributed by atoms with Crippen LogP contribution in [-0.2, 0) is 6.42 Å². The summed E-state index contributed by atoms with van der Waals surface area (Å²) in [6.45, 7) is 2.08. The smallest absolute Gasteiger partial charge is 0.205 e. The van der Waals surface area contributed by atoms with Crippen molar-refractivity contribution in [2.24, 2.45) is 0 Å². The molecule has 0 spiro atoms. The van der Waals surface area contributed by atoms with E-state index in [4.69, 9.17) is 5.73 Å². The van der Waals surface area contributed by atoms with Crippen LogP contribution in [-0.4, -0.2) is 10.8 Å². The number of rotatable bonds is 2. The van der Waals surface area contributed by atoms with Crippen molar-refractivity contribution < 1.29 is 4.79 Å². The van der Waals surface area contributed by atoms with E-state index in [1.165, 1.54) is 16.7 Å². The molecule has 4 rings (SSSR count). The molecule has 0 saturated carbocycles. The van der Waals surface area contributed by atoms with E-state index in [-0.39, 0.29) is 5.78 Å². The maximum Gasteiger partial charge on any atom is 0.205 e. The number of nitrogens with one attached hydrogen (secondary N) is 1. The first-order valence-electron chi connectivity index (χ1n) is 7.34. The summed E-state index contributed by atoms with van der Waals surface area (Å²) in [6.07, 6.45) is 2.72. The van der Waals surface area contributed by atoms with E-state index in [2.05, 4.69) is 24.0 Å². The van der Waals surface area contributed by atoms with Crippen LogP contribution in [0, 0.1) is 6.92 Å². The number of allylic oxidation sites excluding steroid dienone is 1. The number of nitrogen functional groups attached to an aromatic ring is 1. The first kappa shape index (κ1) is 12.9. The van der Waals surface area contributed by atoms with E-state index < -0.39 is 0 Å². The van der Waals surface area contributed by atoms with Gasteiger partial charge in [-0.05, 0) is 47.9 Å². The molecule has 2 aromatic carbocycles. The summed E-state index contributed by atoms with van der Waals surface area (Å²) in [5.74, 6) is 0.0605. The SMILES string of the molecule is Cc1cccc2c1C=C(C(=O)c1cc3ccc(N)cc3[nH]1)C2. The van der Waals surface area contributed by atoms with Crippen LogP contribution >= 0.6 is 0 Å². The number of benzene rings is 2. The van der Waals surface area contributed by atoms with Gasteiger partial charge < -0.3 is 10.7 Å². The summed E-state index contributed by atoms with van der Waals surface area (Å²) in [5, 5.41) is 1.00. The van der Waals surface area contributed by atoms with Crippen LogP contribution in [0.15, 0.2) is 48.0 Å². The molecule has 3 N–H and O–H groups in total. The standard InChI is InChI=1S/C19H16N2O/c1-11-3-2-4-12-7-14(8-16(11)12)19(22)18-9-13-5-6-15(20)10-17(13)21-18/h2-6,8-10,21H,7,20H2,1H3. The fourth-order valence-electron chi connectivity index (χ4n) is 3.12. The van der Waals surface area contributed by atoms with Gasteiger partial charge in [0.15, 0.2) is 0 Å². The number of aromatic nitrogens is 1. The number of carbonyl (C=O) groups is 1. The van der Waals surface area contributed by atoms with Gasteiger partial charge >= 0.3 is 0 Å². The molecule has 1 aliphatic rings. The molecule has 3 aromatic rings. The maximum atomic E-state index is 12.8. The van der Waals surface area contributed by atoms with Crippen LogP contribution in [0.3, 0.4) is 0 Å². The molecule has 0 unspecified atom stereocenters. The zero-order valence-electron chi connectivity index (χ0n) is 12.3. The topological polar surface area (TPSA) is 58.9 Å². The van der Waals surface area contributed by atoms with Gasteiger partial charge in [-0.2, -0.15) is 0 Å². The van der Waals surface area contributed by atoms with Crippen molar-refractivity contribution >= 4 is 28.4 Å². The summed E-state index contributed by atoms with van der Waals surface area (Å²) in [7, 11) is 0. The highest BCUT2D eigenvalue weighted by Crippen LogP contribution is 2.30. The number of fused-ring (bicyclic) bond motifs is 2. The Kier molecular flexibility index (Phi) is 2.70. The minimum atomic E-state index is 0.0605. The average Bonchev–Trinajstić information content (AvgIpc) is 3.10. The molecule has 108 valence electrons. The number of hydrogen-bond acceptors (Lipinski definition) is 2. The molecule has 3 heteroatoms. The molecule has 0 atom stereocenters. The van der Waals surface area contributed by atoms with Crippen molar-refractivity contribution in [3.63, 3.8) is 0 Å². The molecule has 0 saturated heterocycles. The molecular formula is C19H16N2O. The zero-order chi connectivity index (χ0) is 15.3.